The third-order valence-corrected chi connectivity index (χ3v) is 8.04. The van der Waals surface area contributed by atoms with Crippen molar-refractivity contribution in [3.8, 4) is 0 Å². The molecule has 3 aliphatic heterocycles. The number of rotatable bonds is 3. The Bertz CT molecular complexity index is 1340. The van der Waals surface area contributed by atoms with E-state index < -0.39 is 11.3 Å². The summed E-state index contributed by atoms with van der Waals surface area (Å²) in [6, 6.07) is 12.7. The van der Waals surface area contributed by atoms with Crippen LogP contribution in [0.25, 0.3) is 15.7 Å². The monoisotopic (exact) mass is 492 g/mol. The fraction of sp³-hybridized carbons (Fsp3) is 0.240. The van der Waals surface area contributed by atoms with Crippen molar-refractivity contribution >= 4 is 62.4 Å². The number of imide groups is 1. The van der Waals surface area contributed by atoms with Crippen LogP contribution in [-0.4, -0.2) is 54.5 Å². The van der Waals surface area contributed by atoms with Gasteiger partial charge in [-0.2, -0.15) is 0 Å². The highest BCUT2D eigenvalue weighted by Gasteiger charge is 2.45. The highest BCUT2D eigenvalue weighted by molar-refractivity contribution is 8.09. The molecule has 2 atom stereocenters. The lowest BCUT2D eigenvalue weighted by molar-refractivity contribution is -0.118. The molecular formula is C25H21ClN4O3S. The molecule has 172 valence electrons. The van der Waals surface area contributed by atoms with Gasteiger partial charge in [0.25, 0.3) is 5.91 Å². The van der Waals surface area contributed by atoms with Gasteiger partial charge in [0.2, 0.25) is 0 Å². The molecule has 7 nitrogen and oxygen atoms in total. The topological polar surface area (TPSA) is 74.8 Å². The number of amides is 3. The van der Waals surface area contributed by atoms with Crippen molar-refractivity contribution in [3.63, 3.8) is 0 Å². The van der Waals surface area contributed by atoms with Crippen molar-refractivity contribution in [3.05, 3.63) is 71.5 Å². The number of aromatic nitrogens is 1. The van der Waals surface area contributed by atoms with Crippen molar-refractivity contribution < 1.29 is 14.3 Å². The summed E-state index contributed by atoms with van der Waals surface area (Å²) in [7, 11) is 0. The normalized spacial score (nSPS) is 22.6. The summed E-state index contributed by atoms with van der Waals surface area (Å²) in [6.45, 7) is 2.95. The zero-order chi connectivity index (χ0) is 23.2. The number of nitrogens with zero attached hydrogens (tertiary/aromatic N) is 3. The van der Waals surface area contributed by atoms with Crippen LogP contribution in [0.1, 0.15) is 5.56 Å². The molecule has 0 saturated carbocycles. The Balaban J connectivity index is 1.35. The van der Waals surface area contributed by atoms with E-state index >= 15 is 0 Å². The molecule has 1 aromatic heterocycles. The number of carbonyl (C=O) groups is 2. The number of anilines is 2. The van der Waals surface area contributed by atoms with Gasteiger partial charge in [0.15, 0.2) is 0 Å². The summed E-state index contributed by atoms with van der Waals surface area (Å²) in [5.41, 5.74) is 2.38. The number of carbonyl (C=O) groups excluding carboxylic acids is 2. The van der Waals surface area contributed by atoms with Crippen molar-refractivity contribution in [1.29, 1.82) is 0 Å². The summed E-state index contributed by atoms with van der Waals surface area (Å²) in [4.78, 5) is 35.5. The molecule has 0 bridgehead atoms. The van der Waals surface area contributed by atoms with Crippen LogP contribution < -0.4 is 15.1 Å². The molecule has 34 heavy (non-hydrogen) atoms. The van der Waals surface area contributed by atoms with E-state index in [9.17, 15) is 9.59 Å². The number of halogens is 1. The van der Waals surface area contributed by atoms with Crippen LogP contribution in [0.3, 0.4) is 0 Å². The standard InChI is InChI=1S/C25H21ClN4O3S/c26-19-4-2-1-3-17(19)22-12-20-23(34-22)24(31)30(25(32)28-20)21-14-27-13-15-5-6-16(11-18(15)21)29-7-9-33-10-8-29/h1-6,11-14,20,23H,7-10H2,(H,28,32). The number of benzene rings is 2. The number of ether oxygens (including phenoxy) is 1. The minimum atomic E-state index is -0.471. The molecule has 0 spiro atoms. The molecule has 3 amide bonds. The third-order valence-electron chi connectivity index (χ3n) is 6.35. The summed E-state index contributed by atoms with van der Waals surface area (Å²) < 4.78 is 5.47. The SMILES string of the molecule is O=C1NC2C=C(c3ccccc3Cl)SC2C(=O)N1c1cncc2ccc(N3CCOCC3)cc12. The molecule has 2 fully saturated rings. The zero-order valence-corrected chi connectivity index (χ0v) is 19.7. The summed E-state index contributed by atoms with van der Waals surface area (Å²) in [6.07, 6.45) is 5.26. The summed E-state index contributed by atoms with van der Waals surface area (Å²) >= 11 is 7.81. The third kappa shape index (κ3) is 3.62. The number of thioether (sulfide) groups is 1. The van der Waals surface area contributed by atoms with Crippen molar-refractivity contribution in [2.75, 3.05) is 36.1 Å². The molecule has 0 aliphatic carbocycles. The smallest absolute Gasteiger partial charge is 0.329 e. The van der Waals surface area contributed by atoms with Crippen LogP contribution in [0, 0.1) is 0 Å². The van der Waals surface area contributed by atoms with Gasteiger partial charge >= 0.3 is 6.03 Å². The Hall–Kier alpha value is -3.07. The van der Waals surface area contributed by atoms with E-state index in [2.05, 4.69) is 15.2 Å². The first-order valence-corrected chi connectivity index (χ1v) is 12.3. The van der Waals surface area contributed by atoms with Gasteiger partial charge in [0.05, 0.1) is 31.1 Å². The number of pyridine rings is 1. The molecular weight excluding hydrogens is 472 g/mol. The first-order chi connectivity index (χ1) is 16.6. The average molecular weight is 493 g/mol. The Kier molecular flexibility index (Phi) is 5.44. The predicted octanol–water partition coefficient (Wildman–Crippen LogP) is 4.31. The zero-order valence-electron chi connectivity index (χ0n) is 18.1. The Morgan fingerprint density at radius 3 is 2.74 bits per heavy atom. The molecule has 2 saturated heterocycles. The predicted molar refractivity (Wildman–Crippen MR) is 135 cm³/mol. The van der Waals surface area contributed by atoms with E-state index in [0.29, 0.717) is 23.9 Å². The Morgan fingerprint density at radius 2 is 1.91 bits per heavy atom. The van der Waals surface area contributed by atoms with Gasteiger partial charge in [-0.1, -0.05) is 35.9 Å². The van der Waals surface area contributed by atoms with Gasteiger partial charge in [-0.05, 0) is 24.3 Å². The van der Waals surface area contributed by atoms with Crippen LogP contribution >= 0.6 is 23.4 Å². The maximum atomic E-state index is 13.6. The van der Waals surface area contributed by atoms with Crippen LogP contribution in [-0.2, 0) is 9.53 Å². The summed E-state index contributed by atoms with van der Waals surface area (Å²) in [5.74, 6) is -0.261. The van der Waals surface area contributed by atoms with Crippen LogP contribution in [0.2, 0.25) is 5.02 Å². The number of nitrogens with one attached hydrogen (secondary N) is 1. The van der Waals surface area contributed by atoms with E-state index in [1.54, 1.807) is 12.4 Å². The number of urea groups is 1. The number of hydrogen-bond donors (Lipinski definition) is 1. The quantitative estimate of drug-likeness (QED) is 0.587. The van der Waals surface area contributed by atoms with E-state index in [-0.39, 0.29) is 11.9 Å². The van der Waals surface area contributed by atoms with Crippen molar-refractivity contribution in [1.82, 2.24) is 10.3 Å². The molecule has 1 N–H and O–H groups in total. The molecule has 4 heterocycles. The summed E-state index contributed by atoms with van der Waals surface area (Å²) in [5, 5.41) is 4.81. The maximum absolute atomic E-state index is 13.6. The molecule has 2 aromatic carbocycles. The van der Waals surface area contributed by atoms with Gasteiger partial charge < -0.3 is 15.0 Å². The lowest BCUT2D eigenvalue weighted by atomic mass is 10.1. The van der Waals surface area contributed by atoms with Crippen molar-refractivity contribution in [2.24, 2.45) is 0 Å². The minimum absolute atomic E-state index is 0.261. The molecule has 2 unspecified atom stereocenters. The molecule has 6 rings (SSSR count). The number of hydrogen-bond acceptors (Lipinski definition) is 6. The van der Waals surface area contributed by atoms with Gasteiger partial charge in [0.1, 0.15) is 5.25 Å². The van der Waals surface area contributed by atoms with Crippen LogP contribution in [0.5, 0.6) is 0 Å². The van der Waals surface area contributed by atoms with Gasteiger partial charge in [0, 0.05) is 51.2 Å². The second-order valence-electron chi connectivity index (χ2n) is 8.36. The fourth-order valence-corrected chi connectivity index (χ4v) is 6.23. The maximum Gasteiger partial charge on any atom is 0.329 e. The second kappa shape index (κ2) is 8.61. The van der Waals surface area contributed by atoms with Crippen molar-refractivity contribution in [2.45, 2.75) is 11.3 Å². The molecule has 3 aromatic rings. The van der Waals surface area contributed by atoms with Gasteiger partial charge in [-0.15, -0.1) is 11.8 Å². The molecule has 0 radical (unpaired) electrons. The fourth-order valence-electron chi connectivity index (χ4n) is 4.63. The molecule has 9 heteroatoms. The minimum Gasteiger partial charge on any atom is -0.378 e. The Morgan fingerprint density at radius 1 is 1.09 bits per heavy atom. The van der Waals surface area contributed by atoms with E-state index in [4.69, 9.17) is 16.3 Å². The Labute approximate surface area is 205 Å². The van der Waals surface area contributed by atoms with E-state index in [1.807, 2.05) is 48.5 Å². The largest absolute Gasteiger partial charge is 0.378 e. The number of morpholine rings is 1. The highest BCUT2D eigenvalue weighted by atomic mass is 35.5. The first kappa shape index (κ1) is 21.5. The van der Waals surface area contributed by atoms with Gasteiger partial charge in [-0.25, -0.2) is 9.69 Å². The van der Waals surface area contributed by atoms with Crippen LogP contribution in [0.15, 0.2) is 60.9 Å². The lowest BCUT2D eigenvalue weighted by Gasteiger charge is -2.33. The average Bonchev–Trinajstić information content (AvgIpc) is 3.29. The molecule has 3 aliphatic rings. The van der Waals surface area contributed by atoms with E-state index in [0.717, 1.165) is 40.0 Å². The van der Waals surface area contributed by atoms with Crippen LogP contribution in [0.4, 0.5) is 16.2 Å². The van der Waals surface area contributed by atoms with E-state index in [1.165, 1.54) is 16.7 Å². The van der Waals surface area contributed by atoms with Gasteiger partial charge in [-0.3, -0.25) is 9.78 Å². The number of fused-ring (bicyclic) bond motifs is 2. The lowest BCUT2D eigenvalue weighted by Crippen LogP contribution is -2.60. The highest BCUT2D eigenvalue weighted by Crippen LogP contribution is 2.44. The first-order valence-electron chi connectivity index (χ1n) is 11.1. The second-order valence-corrected chi connectivity index (χ2v) is 9.95.